The third-order valence-electron chi connectivity index (χ3n) is 5.36. The maximum absolute atomic E-state index is 13.1. The third-order valence-corrected chi connectivity index (χ3v) is 5.36. The van der Waals surface area contributed by atoms with Crippen LogP contribution >= 0.6 is 0 Å². The first kappa shape index (κ1) is 20.0. The fraction of sp³-hybridized carbons (Fsp3) is 0.364. The molecular formula is C22H23FN4O3. The van der Waals surface area contributed by atoms with E-state index in [4.69, 9.17) is 4.42 Å². The van der Waals surface area contributed by atoms with Gasteiger partial charge in [0.05, 0.1) is 6.20 Å². The van der Waals surface area contributed by atoms with Gasteiger partial charge in [-0.05, 0) is 50.5 Å². The van der Waals surface area contributed by atoms with Crippen molar-refractivity contribution in [3.8, 4) is 0 Å². The van der Waals surface area contributed by atoms with Gasteiger partial charge in [0.25, 0.3) is 0 Å². The summed E-state index contributed by atoms with van der Waals surface area (Å²) >= 11 is 0. The summed E-state index contributed by atoms with van der Waals surface area (Å²) < 4.78 is 20.4. The Bertz CT molecular complexity index is 1120. The van der Waals surface area contributed by atoms with Crippen LogP contribution in [0.4, 0.5) is 4.39 Å². The molecule has 0 aliphatic carbocycles. The van der Waals surface area contributed by atoms with Crippen molar-refractivity contribution in [1.29, 1.82) is 0 Å². The Balaban J connectivity index is 1.48. The lowest BCUT2D eigenvalue weighted by molar-refractivity contribution is -0.133. The standard InChI is InChI=1S/C22H23FN4O3/c1-14-10-15(2)27(22(29)25-14)13-20(28)26-9-3-4-19(26)21-24-12-18(30-21)11-16-5-7-17(23)8-6-16/h5-8,10,12,19H,3-4,9,11,13H2,1-2H3/t19-/m0/s1. The molecule has 7 nitrogen and oxygen atoms in total. The predicted molar refractivity (Wildman–Crippen MR) is 107 cm³/mol. The molecule has 4 rings (SSSR count). The first-order valence-electron chi connectivity index (χ1n) is 9.94. The molecule has 0 spiro atoms. The van der Waals surface area contributed by atoms with Crippen LogP contribution in [0.15, 0.2) is 45.7 Å². The second-order valence-corrected chi connectivity index (χ2v) is 7.62. The quantitative estimate of drug-likeness (QED) is 0.646. The Labute approximate surface area is 173 Å². The molecule has 1 aliphatic rings. The van der Waals surface area contributed by atoms with Crippen molar-refractivity contribution >= 4 is 5.91 Å². The molecule has 3 aromatic rings. The molecule has 30 heavy (non-hydrogen) atoms. The van der Waals surface area contributed by atoms with E-state index in [9.17, 15) is 14.0 Å². The van der Waals surface area contributed by atoms with Gasteiger partial charge >= 0.3 is 5.69 Å². The number of nitrogens with zero attached hydrogens (tertiary/aromatic N) is 4. The second-order valence-electron chi connectivity index (χ2n) is 7.62. The van der Waals surface area contributed by atoms with Gasteiger partial charge in [0.2, 0.25) is 11.8 Å². The number of amides is 1. The van der Waals surface area contributed by atoms with Crippen LogP contribution in [0.25, 0.3) is 0 Å². The predicted octanol–water partition coefficient (Wildman–Crippen LogP) is 2.94. The van der Waals surface area contributed by atoms with Crippen molar-refractivity contribution in [1.82, 2.24) is 19.4 Å². The molecule has 1 saturated heterocycles. The molecule has 8 heteroatoms. The first-order valence-corrected chi connectivity index (χ1v) is 9.94. The number of aryl methyl sites for hydroxylation is 2. The average molecular weight is 410 g/mol. The number of halogens is 1. The van der Waals surface area contributed by atoms with Crippen molar-refractivity contribution in [2.75, 3.05) is 6.54 Å². The fourth-order valence-electron chi connectivity index (χ4n) is 3.88. The number of carbonyl (C=O) groups is 1. The summed E-state index contributed by atoms with van der Waals surface area (Å²) in [5.74, 6) is 0.705. The highest BCUT2D eigenvalue weighted by Crippen LogP contribution is 2.32. The highest BCUT2D eigenvalue weighted by molar-refractivity contribution is 5.76. The largest absolute Gasteiger partial charge is 0.443 e. The van der Waals surface area contributed by atoms with Crippen molar-refractivity contribution in [2.45, 2.75) is 45.7 Å². The molecule has 1 atom stereocenters. The van der Waals surface area contributed by atoms with E-state index < -0.39 is 5.69 Å². The van der Waals surface area contributed by atoms with Crippen LogP contribution in [0.3, 0.4) is 0 Å². The minimum atomic E-state index is -0.422. The Morgan fingerprint density at radius 2 is 2.03 bits per heavy atom. The molecule has 2 aromatic heterocycles. The van der Waals surface area contributed by atoms with Crippen LogP contribution in [-0.4, -0.2) is 31.9 Å². The molecule has 1 fully saturated rings. The maximum Gasteiger partial charge on any atom is 0.348 e. The molecule has 3 heterocycles. The number of benzene rings is 1. The number of carbonyl (C=O) groups excluding carboxylic acids is 1. The van der Waals surface area contributed by atoms with Gasteiger partial charge in [-0.2, -0.15) is 4.98 Å². The Hall–Kier alpha value is -3.29. The van der Waals surface area contributed by atoms with Gasteiger partial charge in [0.1, 0.15) is 24.2 Å². The number of aromatic nitrogens is 3. The van der Waals surface area contributed by atoms with Gasteiger partial charge in [-0.25, -0.2) is 14.2 Å². The molecular weight excluding hydrogens is 387 g/mol. The molecule has 0 unspecified atom stereocenters. The first-order chi connectivity index (χ1) is 14.4. The number of rotatable bonds is 5. The zero-order valence-electron chi connectivity index (χ0n) is 17.0. The van der Waals surface area contributed by atoms with Gasteiger partial charge < -0.3 is 9.32 Å². The van der Waals surface area contributed by atoms with Crippen molar-refractivity contribution in [3.63, 3.8) is 0 Å². The Morgan fingerprint density at radius 3 is 2.77 bits per heavy atom. The van der Waals surface area contributed by atoms with Crippen LogP contribution in [-0.2, 0) is 17.8 Å². The molecule has 0 bridgehead atoms. The molecule has 0 saturated carbocycles. The second kappa shape index (κ2) is 8.22. The van der Waals surface area contributed by atoms with Crippen LogP contribution in [0.2, 0.25) is 0 Å². The van der Waals surface area contributed by atoms with E-state index in [0.717, 1.165) is 18.4 Å². The van der Waals surface area contributed by atoms with Gasteiger partial charge in [0.15, 0.2) is 0 Å². The lowest BCUT2D eigenvalue weighted by atomic mass is 10.1. The van der Waals surface area contributed by atoms with Gasteiger partial charge in [-0.15, -0.1) is 0 Å². The lowest BCUT2D eigenvalue weighted by Crippen LogP contribution is -2.37. The molecule has 1 aromatic carbocycles. The SMILES string of the molecule is Cc1cc(C)n(CC(=O)N2CCC[C@H]2c2ncc(Cc3ccc(F)cc3)o2)c(=O)n1. The number of hydrogen-bond donors (Lipinski definition) is 0. The van der Waals surface area contributed by atoms with Crippen LogP contribution in [0.5, 0.6) is 0 Å². The maximum atomic E-state index is 13.1. The summed E-state index contributed by atoms with van der Waals surface area (Å²) in [6.07, 6.45) is 3.74. The van der Waals surface area contributed by atoms with E-state index >= 15 is 0 Å². The monoisotopic (exact) mass is 410 g/mol. The summed E-state index contributed by atoms with van der Waals surface area (Å²) in [6.45, 7) is 4.08. The van der Waals surface area contributed by atoms with Crippen molar-refractivity contribution in [2.24, 2.45) is 0 Å². The van der Waals surface area contributed by atoms with E-state index in [-0.39, 0.29) is 24.3 Å². The highest BCUT2D eigenvalue weighted by atomic mass is 19.1. The zero-order valence-corrected chi connectivity index (χ0v) is 17.0. The number of likely N-dealkylation sites (tertiary alicyclic amines) is 1. The molecule has 1 amide bonds. The van der Waals surface area contributed by atoms with Gasteiger partial charge in [0, 0.05) is 24.4 Å². The van der Waals surface area contributed by atoms with Crippen molar-refractivity contribution < 1.29 is 13.6 Å². The van der Waals surface area contributed by atoms with Crippen molar-refractivity contribution in [3.05, 3.63) is 81.4 Å². The summed E-state index contributed by atoms with van der Waals surface area (Å²) in [5.41, 5.74) is 1.83. The molecule has 0 N–H and O–H groups in total. The Kier molecular flexibility index (Phi) is 5.48. The summed E-state index contributed by atoms with van der Waals surface area (Å²) in [5, 5.41) is 0. The van der Waals surface area contributed by atoms with E-state index in [1.54, 1.807) is 43.1 Å². The minimum Gasteiger partial charge on any atom is -0.443 e. The average Bonchev–Trinajstić information content (AvgIpc) is 3.35. The Morgan fingerprint density at radius 1 is 1.27 bits per heavy atom. The highest BCUT2D eigenvalue weighted by Gasteiger charge is 2.33. The molecule has 156 valence electrons. The van der Waals surface area contributed by atoms with E-state index in [1.165, 1.54) is 16.7 Å². The van der Waals surface area contributed by atoms with Gasteiger partial charge in [-0.3, -0.25) is 9.36 Å². The molecule has 0 radical (unpaired) electrons. The summed E-state index contributed by atoms with van der Waals surface area (Å²) in [7, 11) is 0. The van der Waals surface area contributed by atoms with Crippen LogP contribution in [0, 0.1) is 19.7 Å². The van der Waals surface area contributed by atoms with E-state index in [0.29, 0.717) is 36.0 Å². The third kappa shape index (κ3) is 4.17. The van der Waals surface area contributed by atoms with Crippen LogP contribution in [0.1, 0.15) is 47.5 Å². The van der Waals surface area contributed by atoms with E-state index in [2.05, 4.69) is 9.97 Å². The molecule has 1 aliphatic heterocycles. The van der Waals surface area contributed by atoms with E-state index in [1.807, 2.05) is 0 Å². The minimum absolute atomic E-state index is 0.0579. The fourth-order valence-corrected chi connectivity index (χ4v) is 3.88. The lowest BCUT2D eigenvalue weighted by Gasteiger charge is -2.23. The topological polar surface area (TPSA) is 81.2 Å². The van der Waals surface area contributed by atoms with Crippen LogP contribution < -0.4 is 5.69 Å². The smallest absolute Gasteiger partial charge is 0.348 e. The summed E-state index contributed by atoms with van der Waals surface area (Å²) in [4.78, 5) is 35.2. The van der Waals surface area contributed by atoms with Gasteiger partial charge in [-0.1, -0.05) is 12.1 Å². The zero-order chi connectivity index (χ0) is 21.3. The number of oxazole rings is 1. The normalized spacial score (nSPS) is 16.2. The summed E-state index contributed by atoms with van der Waals surface area (Å²) in [6, 6.07) is 7.76. The number of hydrogen-bond acceptors (Lipinski definition) is 5.